The highest BCUT2D eigenvalue weighted by Gasteiger charge is 2.27. The highest BCUT2D eigenvalue weighted by molar-refractivity contribution is 7.89. The summed E-state index contributed by atoms with van der Waals surface area (Å²) in [4.78, 5) is 10.1. The van der Waals surface area contributed by atoms with Gasteiger partial charge in [-0.1, -0.05) is 24.3 Å². The lowest BCUT2D eigenvalue weighted by Gasteiger charge is -2.12. The molecule has 0 unspecified atom stereocenters. The molecule has 1 N–H and O–H groups in total. The van der Waals surface area contributed by atoms with Gasteiger partial charge in [0.15, 0.2) is 4.90 Å². The van der Waals surface area contributed by atoms with Crippen LogP contribution < -0.4 is 9.46 Å². The zero-order chi connectivity index (χ0) is 18.6. The van der Waals surface area contributed by atoms with E-state index in [1.807, 2.05) is 13.8 Å². The van der Waals surface area contributed by atoms with Crippen LogP contribution in [-0.2, 0) is 16.6 Å². The third-order valence-electron chi connectivity index (χ3n) is 3.39. The molecule has 0 atom stereocenters. The molecular formula is C17H20N2O5S. The summed E-state index contributed by atoms with van der Waals surface area (Å²) in [6.07, 6.45) is 0.00144. The first kappa shape index (κ1) is 18.9. The largest absolute Gasteiger partial charge is 0.491 e. The predicted octanol–water partition coefficient (Wildman–Crippen LogP) is 3.17. The molecule has 0 saturated heterocycles. The quantitative estimate of drug-likeness (QED) is 0.601. The van der Waals surface area contributed by atoms with Gasteiger partial charge in [-0.25, -0.2) is 13.1 Å². The Hall–Kier alpha value is -2.45. The van der Waals surface area contributed by atoms with Crippen LogP contribution in [0.3, 0.4) is 0 Å². The topological polar surface area (TPSA) is 98.5 Å². The van der Waals surface area contributed by atoms with E-state index in [-0.39, 0.29) is 17.5 Å². The molecule has 0 aliphatic rings. The number of nitro benzene ring substituents is 1. The average Bonchev–Trinajstić information content (AvgIpc) is 2.52. The van der Waals surface area contributed by atoms with Gasteiger partial charge in [-0.2, -0.15) is 0 Å². The third-order valence-corrected chi connectivity index (χ3v) is 4.99. The molecule has 25 heavy (non-hydrogen) atoms. The van der Waals surface area contributed by atoms with E-state index in [1.165, 1.54) is 25.1 Å². The molecule has 0 amide bonds. The molecule has 0 aliphatic carbocycles. The molecule has 0 saturated carbocycles. The van der Waals surface area contributed by atoms with Crippen LogP contribution in [0.1, 0.15) is 25.0 Å². The number of hydrogen-bond donors (Lipinski definition) is 1. The Balaban J connectivity index is 2.25. The SMILES string of the molecule is Cc1cccc([N+](=O)[O-])c1S(=O)(=O)NCc1cccc(OC(C)C)c1. The summed E-state index contributed by atoms with van der Waals surface area (Å²) in [5.74, 6) is 0.633. The van der Waals surface area contributed by atoms with Crippen molar-refractivity contribution < 1.29 is 18.1 Å². The third kappa shape index (κ3) is 4.77. The number of nitro groups is 1. The Morgan fingerprint density at radius 3 is 2.52 bits per heavy atom. The number of nitrogens with zero attached hydrogens (tertiary/aromatic N) is 1. The van der Waals surface area contributed by atoms with E-state index < -0.39 is 20.6 Å². The lowest BCUT2D eigenvalue weighted by molar-refractivity contribution is -0.387. The molecule has 7 nitrogen and oxygen atoms in total. The van der Waals surface area contributed by atoms with Crippen molar-refractivity contribution in [3.8, 4) is 5.75 Å². The number of ether oxygens (including phenoxy) is 1. The molecule has 134 valence electrons. The van der Waals surface area contributed by atoms with Gasteiger partial charge >= 0.3 is 0 Å². The van der Waals surface area contributed by atoms with Gasteiger partial charge in [0.2, 0.25) is 10.0 Å². The van der Waals surface area contributed by atoms with Gasteiger partial charge < -0.3 is 4.74 Å². The van der Waals surface area contributed by atoms with Gasteiger partial charge in [-0.15, -0.1) is 0 Å². The molecule has 2 aromatic rings. The number of rotatable bonds is 7. The van der Waals surface area contributed by atoms with Crippen molar-refractivity contribution in [3.63, 3.8) is 0 Å². The van der Waals surface area contributed by atoms with Crippen LogP contribution in [0, 0.1) is 17.0 Å². The first-order chi connectivity index (χ1) is 11.7. The van der Waals surface area contributed by atoms with Crippen molar-refractivity contribution in [2.75, 3.05) is 0 Å². The van der Waals surface area contributed by atoms with Gasteiger partial charge in [0.25, 0.3) is 5.69 Å². The second kappa shape index (κ2) is 7.62. The van der Waals surface area contributed by atoms with E-state index in [0.717, 1.165) is 0 Å². The fourth-order valence-corrected chi connectivity index (χ4v) is 3.79. The maximum atomic E-state index is 12.6. The van der Waals surface area contributed by atoms with Crippen molar-refractivity contribution in [2.24, 2.45) is 0 Å². The Morgan fingerprint density at radius 2 is 1.88 bits per heavy atom. The Kier molecular flexibility index (Phi) is 5.76. The van der Waals surface area contributed by atoms with Crippen molar-refractivity contribution in [3.05, 3.63) is 63.7 Å². The summed E-state index contributed by atoms with van der Waals surface area (Å²) >= 11 is 0. The number of hydrogen-bond acceptors (Lipinski definition) is 5. The summed E-state index contributed by atoms with van der Waals surface area (Å²) in [5.41, 5.74) is 0.570. The summed E-state index contributed by atoms with van der Waals surface area (Å²) in [5, 5.41) is 11.1. The molecule has 0 radical (unpaired) electrons. The molecule has 0 bridgehead atoms. The van der Waals surface area contributed by atoms with Crippen molar-refractivity contribution in [2.45, 2.75) is 38.3 Å². The average molecular weight is 364 g/mol. The summed E-state index contributed by atoms with van der Waals surface area (Å²) in [7, 11) is -4.03. The van der Waals surface area contributed by atoms with Crippen molar-refractivity contribution >= 4 is 15.7 Å². The molecule has 8 heteroatoms. The number of nitrogens with one attached hydrogen (secondary N) is 1. The second-order valence-electron chi connectivity index (χ2n) is 5.82. The maximum Gasteiger partial charge on any atom is 0.289 e. The monoisotopic (exact) mass is 364 g/mol. The minimum Gasteiger partial charge on any atom is -0.491 e. The lowest BCUT2D eigenvalue weighted by atomic mass is 10.2. The number of sulfonamides is 1. The fourth-order valence-electron chi connectivity index (χ4n) is 2.38. The number of aryl methyl sites for hydroxylation is 1. The molecule has 0 spiro atoms. The number of benzene rings is 2. The van der Waals surface area contributed by atoms with E-state index in [4.69, 9.17) is 4.74 Å². The summed E-state index contributed by atoms with van der Waals surface area (Å²) in [6.45, 7) is 5.32. The summed E-state index contributed by atoms with van der Waals surface area (Å²) < 4.78 is 33.1. The van der Waals surface area contributed by atoms with Gasteiger partial charge in [-0.3, -0.25) is 10.1 Å². The van der Waals surface area contributed by atoms with Gasteiger partial charge in [0.05, 0.1) is 11.0 Å². The van der Waals surface area contributed by atoms with E-state index in [0.29, 0.717) is 16.9 Å². The molecule has 2 aromatic carbocycles. The highest BCUT2D eigenvalue weighted by Crippen LogP contribution is 2.27. The normalized spacial score (nSPS) is 11.5. The van der Waals surface area contributed by atoms with Crippen LogP contribution in [0.15, 0.2) is 47.4 Å². The van der Waals surface area contributed by atoms with E-state index in [1.54, 1.807) is 24.3 Å². The van der Waals surface area contributed by atoms with Crippen LogP contribution in [0.4, 0.5) is 5.69 Å². The second-order valence-corrected chi connectivity index (χ2v) is 7.52. The first-order valence-corrected chi connectivity index (χ1v) is 9.18. The van der Waals surface area contributed by atoms with Gasteiger partial charge in [0.1, 0.15) is 5.75 Å². The Morgan fingerprint density at radius 1 is 1.20 bits per heavy atom. The van der Waals surface area contributed by atoms with Crippen LogP contribution in [0.2, 0.25) is 0 Å². The predicted molar refractivity (Wildman–Crippen MR) is 94.1 cm³/mol. The first-order valence-electron chi connectivity index (χ1n) is 7.70. The zero-order valence-electron chi connectivity index (χ0n) is 14.2. The van der Waals surface area contributed by atoms with Gasteiger partial charge in [-0.05, 0) is 44.0 Å². The smallest absolute Gasteiger partial charge is 0.289 e. The highest BCUT2D eigenvalue weighted by atomic mass is 32.2. The Labute approximate surface area is 146 Å². The van der Waals surface area contributed by atoms with Crippen molar-refractivity contribution in [1.29, 1.82) is 0 Å². The minimum absolute atomic E-state index is 0.00144. The molecular weight excluding hydrogens is 344 g/mol. The molecule has 0 aromatic heterocycles. The van der Waals surface area contributed by atoms with Crippen LogP contribution in [0.25, 0.3) is 0 Å². The molecule has 0 heterocycles. The lowest BCUT2D eigenvalue weighted by Crippen LogP contribution is -2.25. The standard InChI is InChI=1S/C17H20N2O5S/c1-12(2)24-15-8-5-7-14(10-15)11-18-25(22,23)17-13(3)6-4-9-16(17)19(20)21/h4-10,12,18H,11H2,1-3H3. The van der Waals surface area contributed by atoms with E-state index in [9.17, 15) is 18.5 Å². The van der Waals surface area contributed by atoms with Crippen LogP contribution in [-0.4, -0.2) is 19.4 Å². The van der Waals surface area contributed by atoms with Crippen molar-refractivity contribution in [1.82, 2.24) is 4.72 Å². The van der Waals surface area contributed by atoms with E-state index in [2.05, 4.69) is 4.72 Å². The van der Waals surface area contributed by atoms with Crippen LogP contribution >= 0.6 is 0 Å². The van der Waals surface area contributed by atoms with Gasteiger partial charge in [0, 0.05) is 12.6 Å². The summed E-state index contributed by atoms with van der Waals surface area (Å²) in [6, 6.07) is 11.2. The van der Waals surface area contributed by atoms with E-state index >= 15 is 0 Å². The Bertz CT molecular complexity index is 878. The fraction of sp³-hybridized carbons (Fsp3) is 0.294. The minimum atomic E-state index is -4.03. The molecule has 0 fully saturated rings. The van der Waals surface area contributed by atoms with Crippen LogP contribution in [0.5, 0.6) is 5.75 Å². The maximum absolute atomic E-state index is 12.6. The zero-order valence-corrected chi connectivity index (χ0v) is 15.0. The molecule has 0 aliphatic heterocycles. The molecule has 2 rings (SSSR count).